The van der Waals surface area contributed by atoms with Crippen molar-refractivity contribution in [2.24, 2.45) is 11.8 Å². The third-order valence-electron chi connectivity index (χ3n) is 8.03. The van der Waals surface area contributed by atoms with Crippen LogP contribution in [0.5, 0.6) is 0 Å². The number of carbonyl (C=O) groups is 1. The lowest BCUT2D eigenvalue weighted by Crippen LogP contribution is -2.41. The zero-order valence-corrected chi connectivity index (χ0v) is 22.3. The van der Waals surface area contributed by atoms with Gasteiger partial charge in [0.2, 0.25) is 0 Å². The SMILES string of the molecule is C=C(C1CCN(C(=O)c2ccc(C(=N)c3ccccc3F)c(C)c2)CC1)N(CC1CC1)c1ccccc1C. The molecule has 0 spiro atoms. The van der Waals surface area contributed by atoms with Crippen LogP contribution in [0.25, 0.3) is 0 Å². The van der Waals surface area contributed by atoms with E-state index in [4.69, 9.17) is 5.41 Å². The van der Waals surface area contributed by atoms with Gasteiger partial charge in [0.25, 0.3) is 5.91 Å². The van der Waals surface area contributed by atoms with Crippen LogP contribution in [0.4, 0.5) is 10.1 Å². The van der Waals surface area contributed by atoms with Gasteiger partial charge in [0.15, 0.2) is 0 Å². The molecule has 2 aliphatic rings. The third kappa shape index (κ3) is 5.42. The van der Waals surface area contributed by atoms with Gasteiger partial charge in [-0.3, -0.25) is 10.2 Å². The van der Waals surface area contributed by atoms with Gasteiger partial charge in [-0.25, -0.2) is 4.39 Å². The van der Waals surface area contributed by atoms with Crippen LogP contribution >= 0.6 is 0 Å². The topological polar surface area (TPSA) is 47.4 Å². The second-order valence-corrected chi connectivity index (χ2v) is 10.8. The number of aryl methyl sites for hydroxylation is 2. The van der Waals surface area contributed by atoms with Crippen LogP contribution < -0.4 is 4.90 Å². The second kappa shape index (κ2) is 10.9. The average molecular weight is 510 g/mol. The van der Waals surface area contributed by atoms with Gasteiger partial charge in [0.1, 0.15) is 5.82 Å². The number of carbonyl (C=O) groups excluding carboxylic acids is 1. The van der Waals surface area contributed by atoms with Gasteiger partial charge in [-0.2, -0.15) is 0 Å². The molecule has 1 amide bonds. The maximum absolute atomic E-state index is 14.2. The predicted molar refractivity (Wildman–Crippen MR) is 153 cm³/mol. The van der Waals surface area contributed by atoms with E-state index in [1.54, 1.807) is 30.3 Å². The number of piperidine rings is 1. The lowest BCUT2D eigenvalue weighted by atomic mass is 9.91. The fraction of sp³-hybridized carbons (Fsp3) is 0.333. The Kier molecular flexibility index (Phi) is 7.46. The number of nitrogens with zero attached hydrogens (tertiary/aromatic N) is 2. The van der Waals surface area contributed by atoms with E-state index >= 15 is 0 Å². The van der Waals surface area contributed by atoms with Gasteiger partial charge in [-0.05, 0) is 86.9 Å². The first-order chi connectivity index (χ1) is 18.3. The van der Waals surface area contributed by atoms with Gasteiger partial charge in [0.05, 0.1) is 5.71 Å². The molecule has 1 saturated heterocycles. The molecular weight excluding hydrogens is 473 g/mol. The van der Waals surface area contributed by atoms with Crippen molar-refractivity contribution in [3.63, 3.8) is 0 Å². The van der Waals surface area contributed by atoms with Crippen molar-refractivity contribution in [2.45, 2.75) is 39.5 Å². The minimum Gasteiger partial charge on any atom is -0.345 e. The molecule has 3 aromatic carbocycles. The predicted octanol–water partition coefficient (Wildman–Crippen LogP) is 7.14. The minimum absolute atomic E-state index is 0.00914. The van der Waals surface area contributed by atoms with E-state index in [1.807, 2.05) is 17.9 Å². The molecule has 196 valence electrons. The quantitative estimate of drug-likeness (QED) is 0.328. The number of allylic oxidation sites excluding steroid dienone is 1. The second-order valence-electron chi connectivity index (χ2n) is 10.8. The fourth-order valence-corrected chi connectivity index (χ4v) is 5.50. The third-order valence-corrected chi connectivity index (χ3v) is 8.03. The smallest absolute Gasteiger partial charge is 0.253 e. The summed E-state index contributed by atoms with van der Waals surface area (Å²) in [6.07, 6.45) is 4.38. The fourth-order valence-electron chi connectivity index (χ4n) is 5.50. The number of nitrogens with one attached hydrogen (secondary N) is 1. The normalized spacial score (nSPS) is 15.8. The van der Waals surface area contributed by atoms with Crippen molar-refractivity contribution in [1.82, 2.24) is 4.90 Å². The molecule has 5 rings (SSSR count). The number of halogens is 1. The van der Waals surface area contributed by atoms with E-state index < -0.39 is 5.82 Å². The van der Waals surface area contributed by atoms with Crippen molar-refractivity contribution < 1.29 is 9.18 Å². The van der Waals surface area contributed by atoms with Crippen LogP contribution in [-0.2, 0) is 0 Å². The molecule has 0 bridgehead atoms. The van der Waals surface area contributed by atoms with E-state index in [9.17, 15) is 9.18 Å². The first kappa shape index (κ1) is 25.9. The van der Waals surface area contributed by atoms with E-state index in [1.165, 1.54) is 35.9 Å². The molecule has 4 nitrogen and oxygen atoms in total. The molecule has 0 atom stereocenters. The number of likely N-dealkylation sites (tertiary alicyclic amines) is 1. The van der Waals surface area contributed by atoms with Crippen molar-refractivity contribution in [1.29, 1.82) is 5.41 Å². The summed E-state index contributed by atoms with van der Waals surface area (Å²) in [6.45, 7) is 11.0. The van der Waals surface area contributed by atoms with Gasteiger partial charge < -0.3 is 9.80 Å². The molecule has 1 aliphatic carbocycles. The maximum Gasteiger partial charge on any atom is 0.253 e. The number of anilines is 1. The van der Waals surface area contributed by atoms with Gasteiger partial charge in [-0.1, -0.05) is 43.0 Å². The molecular formula is C33H36FN3O. The molecule has 1 aliphatic heterocycles. The Bertz CT molecular complexity index is 1370. The molecule has 1 heterocycles. The number of para-hydroxylation sites is 1. The molecule has 0 unspecified atom stereocenters. The average Bonchev–Trinajstić information content (AvgIpc) is 3.76. The van der Waals surface area contributed by atoms with E-state index in [0.717, 1.165) is 30.9 Å². The number of amides is 1. The minimum atomic E-state index is -0.417. The van der Waals surface area contributed by atoms with Crippen LogP contribution in [0.2, 0.25) is 0 Å². The zero-order chi connectivity index (χ0) is 26.8. The Morgan fingerprint density at radius 3 is 2.29 bits per heavy atom. The summed E-state index contributed by atoms with van der Waals surface area (Å²) >= 11 is 0. The lowest BCUT2D eigenvalue weighted by molar-refractivity contribution is 0.0701. The Hall–Kier alpha value is -3.73. The summed E-state index contributed by atoms with van der Waals surface area (Å²) in [7, 11) is 0. The Balaban J connectivity index is 1.25. The Morgan fingerprint density at radius 2 is 1.63 bits per heavy atom. The monoisotopic (exact) mass is 509 g/mol. The highest BCUT2D eigenvalue weighted by Crippen LogP contribution is 2.37. The highest BCUT2D eigenvalue weighted by atomic mass is 19.1. The highest BCUT2D eigenvalue weighted by Gasteiger charge is 2.31. The van der Waals surface area contributed by atoms with E-state index in [-0.39, 0.29) is 17.2 Å². The van der Waals surface area contributed by atoms with Crippen LogP contribution in [-0.4, -0.2) is 36.2 Å². The molecule has 1 saturated carbocycles. The molecule has 0 aromatic heterocycles. The standard InChI is InChI=1S/C33H36FN3O/c1-22-8-4-7-11-31(22)37(21-25-12-13-25)24(3)26-16-18-36(19-17-26)33(38)27-14-15-28(23(2)20-27)32(35)29-9-5-6-10-30(29)34/h4-11,14-15,20,25-26,35H,3,12-13,16-19,21H2,1-2H3. The van der Waals surface area contributed by atoms with E-state index in [0.29, 0.717) is 30.1 Å². The first-order valence-corrected chi connectivity index (χ1v) is 13.6. The summed E-state index contributed by atoms with van der Waals surface area (Å²) in [6, 6.07) is 20.2. The molecule has 0 radical (unpaired) electrons. The van der Waals surface area contributed by atoms with Gasteiger partial charge >= 0.3 is 0 Å². The van der Waals surface area contributed by atoms with Crippen LogP contribution in [0.15, 0.2) is 79.0 Å². The summed E-state index contributed by atoms with van der Waals surface area (Å²) < 4.78 is 14.2. The summed E-state index contributed by atoms with van der Waals surface area (Å²) in [5.74, 6) is 0.691. The van der Waals surface area contributed by atoms with Crippen molar-refractivity contribution >= 4 is 17.3 Å². The number of rotatable bonds is 8. The Labute approximate surface area is 225 Å². The van der Waals surface area contributed by atoms with Crippen LogP contribution in [0.3, 0.4) is 0 Å². The van der Waals surface area contributed by atoms with Crippen LogP contribution in [0.1, 0.15) is 58.3 Å². The number of benzene rings is 3. The molecule has 3 aromatic rings. The van der Waals surface area contributed by atoms with Gasteiger partial charge in [-0.15, -0.1) is 0 Å². The largest absolute Gasteiger partial charge is 0.345 e. The summed E-state index contributed by atoms with van der Waals surface area (Å²) in [5, 5.41) is 8.50. The van der Waals surface area contributed by atoms with Crippen molar-refractivity contribution in [3.8, 4) is 0 Å². The van der Waals surface area contributed by atoms with Crippen LogP contribution in [0, 0.1) is 36.9 Å². The Morgan fingerprint density at radius 1 is 0.947 bits per heavy atom. The van der Waals surface area contributed by atoms with Crippen molar-refractivity contribution in [3.05, 3.63) is 113 Å². The summed E-state index contributed by atoms with van der Waals surface area (Å²) in [5.41, 5.74) is 6.12. The summed E-state index contributed by atoms with van der Waals surface area (Å²) in [4.78, 5) is 17.7. The molecule has 38 heavy (non-hydrogen) atoms. The van der Waals surface area contributed by atoms with E-state index in [2.05, 4.69) is 42.7 Å². The number of hydrogen-bond donors (Lipinski definition) is 1. The molecule has 2 fully saturated rings. The maximum atomic E-state index is 14.2. The first-order valence-electron chi connectivity index (χ1n) is 13.6. The lowest BCUT2D eigenvalue weighted by Gasteiger charge is -2.38. The van der Waals surface area contributed by atoms with Crippen molar-refractivity contribution in [2.75, 3.05) is 24.5 Å². The highest BCUT2D eigenvalue weighted by molar-refractivity contribution is 6.12. The zero-order valence-electron chi connectivity index (χ0n) is 22.3. The molecule has 1 N–H and O–H groups in total. The van der Waals surface area contributed by atoms with Gasteiger partial charge in [0, 0.05) is 53.6 Å². The number of hydrogen-bond acceptors (Lipinski definition) is 3. The molecule has 5 heteroatoms.